The summed E-state index contributed by atoms with van der Waals surface area (Å²) in [5, 5.41) is 3.39. The van der Waals surface area contributed by atoms with Crippen molar-refractivity contribution in [1.82, 2.24) is 19.4 Å². The smallest absolute Gasteiger partial charge is 0.410 e. The van der Waals surface area contributed by atoms with E-state index < -0.39 is 30.5 Å². The Kier molecular flexibility index (Phi) is 4.71. The van der Waals surface area contributed by atoms with Crippen molar-refractivity contribution in [2.24, 2.45) is 7.05 Å². The number of imidazole rings is 1. The van der Waals surface area contributed by atoms with Gasteiger partial charge in [0.05, 0.1) is 24.5 Å². The maximum absolute atomic E-state index is 13.4. The molecule has 0 spiro atoms. The van der Waals surface area contributed by atoms with Gasteiger partial charge in [0.2, 0.25) is 0 Å². The lowest BCUT2D eigenvalue weighted by molar-refractivity contribution is -0.330. The van der Waals surface area contributed by atoms with Crippen LogP contribution in [0.2, 0.25) is 0 Å². The number of pyridine rings is 1. The van der Waals surface area contributed by atoms with Crippen molar-refractivity contribution >= 4 is 17.6 Å². The number of aromatic nitrogens is 3. The number of nitrogens with one attached hydrogen (secondary N) is 1. The number of amides is 1. The van der Waals surface area contributed by atoms with Crippen molar-refractivity contribution in [2.45, 2.75) is 36.8 Å². The fraction of sp³-hybridized carbons (Fsp3) is 0.550. The summed E-state index contributed by atoms with van der Waals surface area (Å²) in [4.78, 5) is 24.4. The van der Waals surface area contributed by atoms with Gasteiger partial charge in [-0.3, -0.25) is 0 Å². The summed E-state index contributed by atoms with van der Waals surface area (Å²) in [5.74, 6) is -7.66. The van der Waals surface area contributed by atoms with Gasteiger partial charge in [0.15, 0.2) is 6.10 Å². The van der Waals surface area contributed by atoms with Crippen LogP contribution in [-0.4, -0.2) is 69.7 Å². The Morgan fingerprint density at radius 2 is 1.94 bits per heavy atom. The van der Waals surface area contributed by atoms with Gasteiger partial charge in [-0.25, -0.2) is 14.8 Å². The predicted molar refractivity (Wildman–Crippen MR) is 106 cm³/mol. The predicted octanol–water partition coefficient (Wildman–Crippen LogP) is 2.83. The number of fused-ring (bicyclic) bond motifs is 1. The van der Waals surface area contributed by atoms with Gasteiger partial charge in [0.1, 0.15) is 5.82 Å². The van der Waals surface area contributed by atoms with Crippen LogP contribution in [-0.2, 0) is 18.2 Å². The second-order valence-corrected chi connectivity index (χ2v) is 8.40. The van der Waals surface area contributed by atoms with Crippen molar-refractivity contribution in [2.75, 3.05) is 36.4 Å². The zero-order chi connectivity index (χ0) is 22.7. The first-order chi connectivity index (χ1) is 15.2. The molecular weight excluding hydrogens is 432 g/mol. The Balaban J connectivity index is 1.21. The molecule has 1 saturated carbocycles. The highest BCUT2D eigenvalue weighted by Crippen LogP contribution is 2.52. The largest absolute Gasteiger partial charge is 0.439 e. The van der Waals surface area contributed by atoms with E-state index in [-0.39, 0.29) is 19.1 Å². The third-order valence-corrected chi connectivity index (χ3v) is 6.29. The summed E-state index contributed by atoms with van der Waals surface area (Å²) in [6.45, 7) is 1.39. The first kappa shape index (κ1) is 20.8. The normalized spacial score (nSPS) is 25.7. The van der Waals surface area contributed by atoms with Crippen LogP contribution in [0.4, 0.5) is 33.9 Å². The van der Waals surface area contributed by atoms with E-state index in [0.717, 1.165) is 22.8 Å². The summed E-state index contributed by atoms with van der Waals surface area (Å²) in [7, 11) is 1.91. The SMILES string of the molecule is Cn1cnc(C2Cc3c(N4CCN(C(=O)O[C@@H]5CC(F)(F)C5(F)F)CC4)ccnc3N2)c1. The quantitative estimate of drug-likeness (QED) is 0.719. The van der Waals surface area contributed by atoms with Crippen molar-refractivity contribution < 1.29 is 27.1 Å². The number of carbonyl (C=O) groups is 1. The molecule has 5 rings (SSSR count). The molecule has 8 nitrogen and oxygen atoms in total. The number of aryl methyl sites for hydroxylation is 1. The molecule has 32 heavy (non-hydrogen) atoms. The van der Waals surface area contributed by atoms with Crippen molar-refractivity contribution in [3.63, 3.8) is 0 Å². The standard InChI is InChI=1S/C20H22F4N6O2/c1-28-10-14(26-11-28)13-8-12-15(2-3-25-17(12)27-13)29-4-6-30(7-5-29)18(31)32-16-9-19(21,22)20(16,23)24/h2-3,10-11,13,16H,4-9H2,1H3,(H,25,27)/t13?,16-/m1/s1. The van der Waals surface area contributed by atoms with Gasteiger partial charge in [0.25, 0.3) is 0 Å². The lowest BCUT2D eigenvalue weighted by atomic mass is 9.85. The molecule has 4 heterocycles. The summed E-state index contributed by atoms with van der Waals surface area (Å²) in [6.07, 6.45) is 1.90. The highest BCUT2D eigenvalue weighted by atomic mass is 19.3. The maximum atomic E-state index is 13.4. The van der Waals surface area contributed by atoms with Crippen LogP contribution >= 0.6 is 0 Å². The zero-order valence-electron chi connectivity index (χ0n) is 17.3. The third kappa shape index (κ3) is 3.32. The van der Waals surface area contributed by atoms with Crippen LogP contribution in [0.15, 0.2) is 24.8 Å². The highest BCUT2D eigenvalue weighted by molar-refractivity contribution is 5.70. The van der Waals surface area contributed by atoms with E-state index in [1.165, 1.54) is 4.90 Å². The van der Waals surface area contributed by atoms with Crippen molar-refractivity contribution in [1.29, 1.82) is 0 Å². The molecule has 172 valence electrons. The molecular formula is C20H22F4N6O2. The van der Waals surface area contributed by atoms with Crippen LogP contribution in [0.1, 0.15) is 23.7 Å². The molecule has 1 amide bonds. The van der Waals surface area contributed by atoms with Gasteiger partial charge >= 0.3 is 17.9 Å². The Morgan fingerprint density at radius 3 is 2.56 bits per heavy atom. The number of carbonyl (C=O) groups excluding carboxylic acids is 1. The summed E-state index contributed by atoms with van der Waals surface area (Å²) >= 11 is 0. The number of ether oxygens (including phenoxy) is 1. The Labute approximate surface area is 181 Å². The topological polar surface area (TPSA) is 75.5 Å². The first-order valence-electron chi connectivity index (χ1n) is 10.3. The van der Waals surface area contributed by atoms with E-state index in [4.69, 9.17) is 0 Å². The molecule has 1 unspecified atom stereocenters. The number of nitrogens with zero attached hydrogens (tertiary/aromatic N) is 5. The second kappa shape index (κ2) is 7.24. The molecule has 0 aromatic carbocycles. The van der Waals surface area contributed by atoms with Gasteiger partial charge < -0.3 is 24.4 Å². The lowest BCUT2D eigenvalue weighted by Crippen LogP contribution is -2.64. The molecule has 3 aliphatic rings. The minimum atomic E-state index is -4.32. The third-order valence-electron chi connectivity index (χ3n) is 6.29. The zero-order valence-corrected chi connectivity index (χ0v) is 17.3. The molecule has 0 bridgehead atoms. The minimum Gasteiger partial charge on any atom is -0.439 e. The van der Waals surface area contributed by atoms with Gasteiger partial charge in [-0.15, -0.1) is 0 Å². The van der Waals surface area contributed by atoms with Gasteiger partial charge in [-0.1, -0.05) is 0 Å². The first-order valence-corrected chi connectivity index (χ1v) is 10.3. The average Bonchev–Trinajstić information content (AvgIpc) is 3.39. The van der Waals surface area contributed by atoms with Crippen molar-refractivity contribution in [3.05, 3.63) is 36.0 Å². The molecule has 1 N–H and O–H groups in total. The van der Waals surface area contributed by atoms with Gasteiger partial charge in [-0.05, 0) is 6.07 Å². The molecule has 2 aromatic heterocycles. The monoisotopic (exact) mass is 454 g/mol. The molecule has 1 aliphatic carbocycles. The second-order valence-electron chi connectivity index (χ2n) is 8.40. The van der Waals surface area contributed by atoms with E-state index in [2.05, 4.69) is 24.9 Å². The highest BCUT2D eigenvalue weighted by Gasteiger charge is 2.74. The van der Waals surface area contributed by atoms with Crippen LogP contribution in [0, 0.1) is 0 Å². The number of hydrogen-bond donors (Lipinski definition) is 1. The molecule has 0 radical (unpaired) electrons. The maximum Gasteiger partial charge on any atom is 0.410 e. The van der Waals surface area contributed by atoms with Crippen molar-refractivity contribution in [3.8, 4) is 0 Å². The van der Waals surface area contributed by atoms with Crippen LogP contribution < -0.4 is 10.2 Å². The number of alkyl halides is 4. The minimum absolute atomic E-state index is 0.0124. The number of piperazine rings is 1. The number of hydrogen-bond acceptors (Lipinski definition) is 6. The van der Waals surface area contributed by atoms with E-state index in [9.17, 15) is 22.4 Å². The summed E-state index contributed by atoms with van der Waals surface area (Å²) in [5.41, 5.74) is 2.96. The van der Waals surface area contributed by atoms with E-state index in [0.29, 0.717) is 19.5 Å². The number of anilines is 2. The number of halogens is 4. The molecule has 2 atom stereocenters. The Morgan fingerprint density at radius 1 is 1.19 bits per heavy atom. The van der Waals surface area contributed by atoms with Gasteiger partial charge in [-0.2, -0.15) is 17.6 Å². The summed E-state index contributed by atoms with van der Waals surface area (Å²) in [6, 6.07) is 1.92. The lowest BCUT2D eigenvalue weighted by Gasteiger charge is -2.43. The molecule has 2 fully saturated rings. The Bertz CT molecular complexity index is 1040. The molecule has 1 saturated heterocycles. The Hall–Kier alpha value is -3.05. The van der Waals surface area contributed by atoms with Crippen LogP contribution in [0.25, 0.3) is 0 Å². The van der Waals surface area contributed by atoms with Gasteiger partial charge in [0, 0.05) is 63.3 Å². The summed E-state index contributed by atoms with van der Waals surface area (Å²) < 4.78 is 59.3. The van der Waals surface area contributed by atoms with Crippen LogP contribution in [0.3, 0.4) is 0 Å². The molecule has 12 heteroatoms. The molecule has 2 aliphatic heterocycles. The van der Waals surface area contributed by atoms with E-state index >= 15 is 0 Å². The van der Waals surface area contributed by atoms with E-state index in [1.807, 2.05) is 23.9 Å². The van der Waals surface area contributed by atoms with E-state index in [1.54, 1.807) is 12.5 Å². The fourth-order valence-electron chi connectivity index (χ4n) is 4.36. The van der Waals surface area contributed by atoms with Crippen LogP contribution in [0.5, 0.6) is 0 Å². The average molecular weight is 454 g/mol. The molecule has 2 aromatic rings. The fourth-order valence-corrected chi connectivity index (χ4v) is 4.36. The number of rotatable bonds is 3.